The van der Waals surface area contributed by atoms with E-state index < -0.39 is 10.2 Å². The van der Waals surface area contributed by atoms with Crippen LogP contribution in [0.25, 0.3) is 0 Å². The molecule has 6 nitrogen and oxygen atoms in total. The largest absolute Gasteiger partial charge is 0.286 e. The molecule has 1 N–H and O–H groups in total. The fraction of sp³-hybridized carbons (Fsp3) is 0.167. The third-order valence-corrected chi connectivity index (χ3v) is 2.13. The van der Waals surface area contributed by atoms with Crippen LogP contribution in [0.5, 0.6) is 0 Å². The summed E-state index contributed by atoms with van der Waals surface area (Å²) >= 11 is 1.81. The lowest BCUT2D eigenvalue weighted by Crippen LogP contribution is -2.68. The molecule has 2 aliphatic rings. The van der Waals surface area contributed by atoms with E-state index >= 15 is 0 Å². The van der Waals surface area contributed by atoms with Gasteiger partial charge in [0.2, 0.25) is 0 Å². The van der Waals surface area contributed by atoms with Crippen LogP contribution in [0, 0.1) is 10.2 Å². The molecule has 14 heavy (non-hydrogen) atoms. The number of rotatable bonds is 0. The predicted octanol–water partition coefficient (Wildman–Crippen LogP) is -4.07. The molecule has 0 radical (unpaired) electrons. The molecule has 0 saturated carbocycles. The van der Waals surface area contributed by atoms with Gasteiger partial charge in [0.25, 0.3) is 5.82 Å². The summed E-state index contributed by atoms with van der Waals surface area (Å²) in [5, 5.41) is 5.26. The smallest absolute Gasteiger partial charge is 0.247 e. The van der Waals surface area contributed by atoms with Gasteiger partial charge in [0.15, 0.2) is 0 Å². The summed E-state index contributed by atoms with van der Waals surface area (Å²) in [7, 11) is -4.94. The van der Waals surface area contributed by atoms with Crippen molar-refractivity contribution in [3.05, 3.63) is 23.5 Å². The van der Waals surface area contributed by atoms with Gasteiger partial charge in [-0.25, -0.2) is 28.5 Å². The number of allylic oxidation sites excluding steroid dienone is 1. The third kappa shape index (κ3) is 4.61. The molecule has 0 bridgehead atoms. The van der Waals surface area contributed by atoms with Crippen molar-refractivity contribution in [1.82, 2.24) is 5.32 Å². The van der Waals surface area contributed by atoms with Gasteiger partial charge in [0.05, 0.1) is 17.8 Å². The Balaban J connectivity index is 0.000000171. The molecule has 0 fully saturated rings. The highest BCUT2D eigenvalue weighted by Gasteiger charge is 2.17. The summed E-state index contributed by atoms with van der Waals surface area (Å²) in [5.74, 6) is 2.25. The Morgan fingerprint density at radius 2 is 2.00 bits per heavy atom. The van der Waals surface area contributed by atoms with Gasteiger partial charge in [-0.15, -0.1) is 10.2 Å². The highest BCUT2D eigenvalue weighted by Crippen LogP contribution is 2.16. The van der Waals surface area contributed by atoms with E-state index in [1.807, 2.05) is 24.0 Å². The quantitative estimate of drug-likeness (QED) is 0.430. The van der Waals surface area contributed by atoms with Crippen molar-refractivity contribution in [2.75, 3.05) is 5.88 Å². The molecule has 2 heterocycles. The second-order valence-electron chi connectivity index (χ2n) is 2.30. The van der Waals surface area contributed by atoms with Crippen LogP contribution in [-0.2, 0) is 0 Å². The summed E-state index contributed by atoms with van der Waals surface area (Å²) in [4.78, 5) is 0. The molecule has 0 saturated heterocycles. The summed E-state index contributed by atoms with van der Waals surface area (Å²) in [6.45, 7) is 0. The topological polar surface area (TPSA) is 107 Å². The molecule has 8 heteroatoms. The standard InChI is InChI=1S/C6H6N2S.ClHO4/c1-2-7-6-4-9-5-8(6)3-1;2-1(3,4)5/h1-4H,5H2;(H,2,3,4,5). The SMILES string of the molecule is C1=CNC2=CSC[N+]2=C1.[O-][Cl+3]([O-])([O-])[O-]. The average molecular weight is 239 g/mol. The zero-order valence-corrected chi connectivity index (χ0v) is 8.46. The number of fused-ring (bicyclic) bond motifs is 1. The zero-order chi connectivity index (χ0) is 10.6. The van der Waals surface area contributed by atoms with E-state index in [2.05, 4.69) is 21.5 Å². The molecular weight excluding hydrogens is 232 g/mol. The van der Waals surface area contributed by atoms with Gasteiger partial charge in [-0.1, -0.05) is 11.8 Å². The maximum atomic E-state index is 8.49. The second-order valence-corrected chi connectivity index (χ2v) is 3.88. The molecule has 0 atom stereocenters. The average Bonchev–Trinajstić information content (AvgIpc) is 2.47. The number of hydrogen-bond acceptors (Lipinski definition) is 6. The second kappa shape index (κ2) is 4.78. The number of nitrogens with one attached hydrogen (secondary N) is 1. The number of nitrogens with zero attached hydrogens (tertiary/aromatic N) is 1. The summed E-state index contributed by atoms with van der Waals surface area (Å²) in [5.41, 5.74) is 0. The molecule has 0 aromatic rings. The van der Waals surface area contributed by atoms with Gasteiger partial charge < -0.3 is 0 Å². The Labute approximate surface area is 86.6 Å². The van der Waals surface area contributed by atoms with Crippen molar-refractivity contribution in [2.24, 2.45) is 0 Å². The molecule has 0 aromatic carbocycles. The molecule has 0 aromatic heterocycles. The van der Waals surface area contributed by atoms with E-state index in [9.17, 15) is 0 Å². The van der Waals surface area contributed by atoms with Crippen LogP contribution >= 0.6 is 11.8 Å². The van der Waals surface area contributed by atoms with Crippen LogP contribution in [0.4, 0.5) is 0 Å². The van der Waals surface area contributed by atoms with Gasteiger partial charge >= 0.3 is 0 Å². The Morgan fingerprint density at radius 1 is 1.36 bits per heavy atom. The van der Waals surface area contributed by atoms with E-state index in [0.29, 0.717) is 0 Å². The monoisotopic (exact) mass is 238 g/mol. The van der Waals surface area contributed by atoms with Crippen LogP contribution < -0.4 is 24.0 Å². The first-order valence-electron chi connectivity index (χ1n) is 3.43. The lowest BCUT2D eigenvalue weighted by atomic mass is 10.5. The van der Waals surface area contributed by atoms with Crippen LogP contribution in [-0.4, -0.2) is 16.7 Å². The van der Waals surface area contributed by atoms with E-state index in [0.717, 1.165) is 5.88 Å². The van der Waals surface area contributed by atoms with Crippen LogP contribution in [0.1, 0.15) is 0 Å². The fourth-order valence-corrected chi connectivity index (χ4v) is 1.68. The first kappa shape index (κ1) is 11.5. The molecule has 2 aliphatic heterocycles. The zero-order valence-electron chi connectivity index (χ0n) is 6.88. The van der Waals surface area contributed by atoms with E-state index in [1.165, 1.54) is 5.82 Å². The van der Waals surface area contributed by atoms with E-state index in [-0.39, 0.29) is 0 Å². The van der Waals surface area contributed by atoms with Crippen LogP contribution in [0.15, 0.2) is 23.5 Å². The van der Waals surface area contributed by atoms with Crippen LogP contribution in [0.3, 0.4) is 0 Å². The molecular formula is C6H7ClN2O4S. The first-order valence-corrected chi connectivity index (χ1v) is 5.72. The highest BCUT2D eigenvalue weighted by molar-refractivity contribution is 8.02. The van der Waals surface area contributed by atoms with Gasteiger partial charge in [0.1, 0.15) is 5.88 Å². The molecule has 0 spiro atoms. The lowest BCUT2D eigenvalue weighted by Gasteiger charge is -2.17. The molecule has 0 aliphatic carbocycles. The molecule has 2 rings (SSSR count). The molecule has 78 valence electrons. The van der Waals surface area contributed by atoms with Crippen molar-refractivity contribution >= 4 is 18.0 Å². The van der Waals surface area contributed by atoms with Gasteiger partial charge in [-0.05, 0) is 0 Å². The summed E-state index contributed by atoms with van der Waals surface area (Å²) in [6.07, 6.45) is 6.01. The summed E-state index contributed by atoms with van der Waals surface area (Å²) < 4.78 is 36.1. The molecule has 0 unspecified atom stereocenters. The highest BCUT2D eigenvalue weighted by atomic mass is 35.7. The van der Waals surface area contributed by atoms with Crippen molar-refractivity contribution in [3.8, 4) is 0 Å². The Morgan fingerprint density at radius 3 is 2.57 bits per heavy atom. The van der Waals surface area contributed by atoms with E-state index in [4.69, 9.17) is 18.6 Å². The molecule has 0 amide bonds. The van der Waals surface area contributed by atoms with Crippen molar-refractivity contribution in [3.63, 3.8) is 0 Å². The number of thioether (sulfide) groups is 1. The summed E-state index contributed by atoms with van der Waals surface area (Å²) in [6, 6.07) is 0. The van der Waals surface area contributed by atoms with Crippen molar-refractivity contribution < 1.29 is 33.5 Å². The number of halogens is 1. The number of hydrogen-bond donors (Lipinski definition) is 1. The lowest BCUT2D eigenvalue weighted by molar-refractivity contribution is -2.00. The fourth-order valence-electron chi connectivity index (χ4n) is 0.854. The van der Waals surface area contributed by atoms with Crippen LogP contribution in [0.2, 0.25) is 0 Å². The van der Waals surface area contributed by atoms with Gasteiger partial charge in [-0.2, -0.15) is 0 Å². The normalized spacial score (nSPS) is 18.6. The minimum absolute atomic E-state index is 1.05. The maximum Gasteiger partial charge on any atom is 0.286 e. The maximum absolute atomic E-state index is 8.49. The Kier molecular flexibility index (Phi) is 3.93. The predicted molar refractivity (Wildman–Crippen MR) is 39.1 cm³/mol. The van der Waals surface area contributed by atoms with Crippen molar-refractivity contribution in [2.45, 2.75) is 0 Å². The van der Waals surface area contributed by atoms with Gasteiger partial charge in [-0.3, -0.25) is 0 Å². The van der Waals surface area contributed by atoms with Crippen molar-refractivity contribution in [1.29, 1.82) is 0 Å². The Bertz CT molecular complexity index is 291. The Hall–Kier alpha value is -0.570. The van der Waals surface area contributed by atoms with E-state index in [1.54, 1.807) is 0 Å². The van der Waals surface area contributed by atoms with Gasteiger partial charge in [0, 0.05) is 6.08 Å². The minimum atomic E-state index is -4.94. The third-order valence-electron chi connectivity index (χ3n) is 1.31. The minimum Gasteiger partial charge on any atom is -0.247 e. The first-order chi connectivity index (χ1) is 6.47.